The highest BCUT2D eigenvalue weighted by Crippen LogP contribution is 2.16. The highest BCUT2D eigenvalue weighted by molar-refractivity contribution is 5.48. The Morgan fingerprint density at radius 3 is 3.06 bits per heavy atom. The Kier molecular flexibility index (Phi) is 2.53. The molecule has 1 N–H and O–H groups in total. The number of hydrogen-bond acceptors (Lipinski definition) is 5. The van der Waals surface area contributed by atoms with Gasteiger partial charge in [-0.15, -0.1) is 0 Å². The highest BCUT2D eigenvalue weighted by Gasteiger charge is 2.12. The van der Waals surface area contributed by atoms with E-state index in [9.17, 15) is 0 Å². The van der Waals surface area contributed by atoms with E-state index in [1.807, 2.05) is 19.2 Å². The van der Waals surface area contributed by atoms with Gasteiger partial charge >= 0.3 is 0 Å². The summed E-state index contributed by atoms with van der Waals surface area (Å²) in [6.45, 7) is 3.70. The van der Waals surface area contributed by atoms with E-state index in [1.165, 1.54) is 5.56 Å². The smallest absolute Gasteiger partial charge is 0.178 e. The van der Waals surface area contributed by atoms with Gasteiger partial charge in [0.1, 0.15) is 11.5 Å². The van der Waals surface area contributed by atoms with Gasteiger partial charge in [-0.1, -0.05) is 0 Å². The van der Waals surface area contributed by atoms with E-state index in [-0.39, 0.29) is 0 Å². The zero-order valence-electron chi connectivity index (χ0n) is 9.64. The zero-order valence-corrected chi connectivity index (χ0v) is 9.64. The maximum Gasteiger partial charge on any atom is 0.178 e. The Bertz CT molecular complexity index is 552. The molecule has 5 nitrogen and oxygen atoms in total. The number of aromatic nitrogens is 4. The van der Waals surface area contributed by atoms with Crippen LogP contribution in [0, 0.1) is 6.92 Å². The zero-order chi connectivity index (χ0) is 11.7. The number of nitrogens with zero attached hydrogens (tertiary/aromatic N) is 4. The molecule has 0 spiro atoms. The van der Waals surface area contributed by atoms with Crippen molar-refractivity contribution in [2.45, 2.75) is 19.9 Å². The first-order valence-corrected chi connectivity index (χ1v) is 5.68. The normalized spacial score (nSPS) is 14.4. The van der Waals surface area contributed by atoms with Crippen LogP contribution in [0.1, 0.15) is 17.1 Å². The van der Waals surface area contributed by atoms with Gasteiger partial charge in [0, 0.05) is 37.5 Å². The number of aryl methyl sites for hydroxylation is 1. The van der Waals surface area contributed by atoms with Crippen LogP contribution in [0.15, 0.2) is 18.5 Å². The molecule has 0 saturated carbocycles. The molecule has 0 saturated heterocycles. The number of rotatable bonds is 1. The SMILES string of the molecule is Cc1nccc(-c2ncc3c(n2)CCNC3)n1. The molecule has 3 heterocycles. The lowest BCUT2D eigenvalue weighted by Crippen LogP contribution is -2.25. The predicted molar refractivity (Wildman–Crippen MR) is 63.2 cm³/mol. The Morgan fingerprint density at radius 2 is 2.18 bits per heavy atom. The lowest BCUT2D eigenvalue weighted by atomic mass is 10.1. The van der Waals surface area contributed by atoms with Gasteiger partial charge in [-0.25, -0.2) is 19.9 Å². The summed E-state index contributed by atoms with van der Waals surface area (Å²) in [7, 11) is 0. The first kappa shape index (κ1) is 10.3. The molecular formula is C12H13N5. The Morgan fingerprint density at radius 1 is 1.24 bits per heavy atom. The average Bonchev–Trinajstić information content (AvgIpc) is 2.38. The molecule has 0 unspecified atom stereocenters. The lowest BCUT2D eigenvalue weighted by molar-refractivity contribution is 0.626. The quantitative estimate of drug-likeness (QED) is 0.783. The van der Waals surface area contributed by atoms with Crippen molar-refractivity contribution in [1.82, 2.24) is 25.3 Å². The van der Waals surface area contributed by atoms with Gasteiger partial charge in [0.05, 0.1) is 5.69 Å². The molecule has 86 valence electrons. The Balaban J connectivity index is 2.04. The van der Waals surface area contributed by atoms with E-state index in [0.717, 1.165) is 36.7 Å². The molecule has 17 heavy (non-hydrogen) atoms. The van der Waals surface area contributed by atoms with Gasteiger partial charge in [-0.3, -0.25) is 0 Å². The third kappa shape index (κ3) is 2.01. The number of fused-ring (bicyclic) bond motifs is 1. The fourth-order valence-electron chi connectivity index (χ4n) is 1.94. The minimum absolute atomic E-state index is 0.691. The van der Waals surface area contributed by atoms with Gasteiger partial charge in [0.2, 0.25) is 0 Å². The molecule has 0 aromatic carbocycles. The molecule has 0 aliphatic carbocycles. The summed E-state index contributed by atoms with van der Waals surface area (Å²) in [6, 6.07) is 1.84. The van der Waals surface area contributed by atoms with Crippen molar-refractivity contribution in [3.8, 4) is 11.5 Å². The van der Waals surface area contributed by atoms with Gasteiger partial charge in [-0.2, -0.15) is 0 Å². The van der Waals surface area contributed by atoms with Crippen LogP contribution in [0.5, 0.6) is 0 Å². The van der Waals surface area contributed by atoms with Crippen LogP contribution >= 0.6 is 0 Å². The van der Waals surface area contributed by atoms with Crippen molar-refractivity contribution in [3.63, 3.8) is 0 Å². The van der Waals surface area contributed by atoms with E-state index >= 15 is 0 Å². The molecule has 0 bridgehead atoms. The van der Waals surface area contributed by atoms with E-state index in [4.69, 9.17) is 0 Å². The van der Waals surface area contributed by atoms with E-state index in [0.29, 0.717) is 5.82 Å². The third-order valence-electron chi connectivity index (χ3n) is 2.81. The number of hydrogen-bond donors (Lipinski definition) is 1. The minimum Gasteiger partial charge on any atom is -0.312 e. The molecule has 2 aromatic heterocycles. The Hall–Kier alpha value is -1.88. The van der Waals surface area contributed by atoms with E-state index < -0.39 is 0 Å². The summed E-state index contributed by atoms with van der Waals surface area (Å²) in [5, 5.41) is 3.30. The van der Waals surface area contributed by atoms with Crippen molar-refractivity contribution in [1.29, 1.82) is 0 Å². The summed E-state index contributed by atoms with van der Waals surface area (Å²) < 4.78 is 0. The molecule has 2 aromatic rings. The second-order valence-corrected chi connectivity index (χ2v) is 4.08. The van der Waals surface area contributed by atoms with Crippen LogP contribution in [-0.2, 0) is 13.0 Å². The fraction of sp³-hybridized carbons (Fsp3) is 0.333. The predicted octanol–water partition coefficient (Wildman–Crippen LogP) is 0.888. The van der Waals surface area contributed by atoms with Crippen molar-refractivity contribution < 1.29 is 0 Å². The first-order valence-electron chi connectivity index (χ1n) is 5.68. The highest BCUT2D eigenvalue weighted by atomic mass is 15.0. The standard InChI is InChI=1S/C12H13N5/c1-8-14-5-3-11(16-8)12-15-7-9-6-13-4-2-10(9)17-12/h3,5,7,13H,2,4,6H2,1H3. The van der Waals surface area contributed by atoms with E-state index in [1.54, 1.807) is 6.20 Å². The topological polar surface area (TPSA) is 63.6 Å². The summed E-state index contributed by atoms with van der Waals surface area (Å²) in [4.78, 5) is 17.4. The van der Waals surface area contributed by atoms with Crippen molar-refractivity contribution in [2.75, 3.05) is 6.54 Å². The molecule has 0 atom stereocenters. The van der Waals surface area contributed by atoms with Crippen molar-refractivity contribution in [3.05, 3.63) is 35.5 Å². The molecule has 1 aliphatic heterocycles. The Labute approximate surface area is 99.4 Å². The van der Waals surface area contributed by atoms with Gasteiger partial charge in [0.25, 0.3) is 0 Å². The largest absolute Gasteiger partial charge is 0.312 e. The molecular weight excluding hydrogens is 214 g/mol. The molecule has 0 amide bonds. The minimum atomic E-state index is 0.691. The van der Waals surface area contributed by atoms with Crippen molar-refractivity contribution in [2.24, 2.45) is 0 Å². The average molecular weight is 227 g/mol. The second-order valence-electron chi connectivity index (χ2n) is 4.08. The molecule has 5 heteroatoms. The second kappa shape index (κ2) is 4.18. The summed E-state index contributed by atoms with van der Waals surface area (Å²) in [5.74, 6) is 1.43. The molecule has 0 fully saturated rings. The lowest BCUT2D eigenvalue weighted by Gasteiger charge is -2.15. The summed E-state index contributed by atoms with van der Waals surface area (Å²) >= 11 is 0. The van der Waals surface area contributed by atoms with Crippen LogP contribution < -0.4 is 5.32 Å². The van der Waals surface area contributed by atoms with Crippen molar-refractivity contribution >= 4 is 0 Å². The van der Waals surface area contributed by atoms with Crippen LogP contribution in [0.3, 0.4) is 0 Å². The van der Waals surface area contributed by atoms with Crippen LogP contribution in [0.4, 0.5) is 0 Å². The number of nitrogens with one attached hydrogen (secondary N) is 1. The van der Waals surface area contributed by atoms with Crippen LogP contribution in [0.2, 0.25) is 0 Å². The maximum absolute atomic E-state index is 4.58. The van der Waals surface area contributed by atoms with Crippen LogP contribution in [-0.4, -0.2) is 26.5 Å². The van der Waals surface area contributed by atoms with Gasteiger partial charge in [0.15, 0.2) is 5.82 Å². The monoisotopic (exact) mass is 227 g/mol. The van der Waals surface area contributed by atoms with Gasteiger partial charge < -0.3 is 5.32 Å². The van der Waals surface area contributed by atoms with Gasteiger partial charge in [-0.05, 0) is 13.0 Å². The van der Waals surface area contributed by atoms with E-state index in [2.05, 4.69) is 25.3 Å². The first-order chi connectivity index (χ1) is 8.33. The summed E-state index contributed by atoms with van der Waals surface area (Å²) in [6.07, 6.45) is 4.58. The molecule has 1 aliphatic rings. The summed E-state index contributed by atoms with van der Waals surface area (Å²) in [5.41, 5.74) is 3.11. The van der Waals surface area contributed by atoms with Crippen LogP contribution in [0.25, 0.3) is 11.5 Å². The molecule has 3 rings (SSSR count). The maximum atomic E-state index is 4.58. The fourth-order valence-corrected chi connectivity index (χ4v) is 1.94. The molecule has 0 radical (unpaired) electrons. The third-order valence-corrected chi connectivity index (χ3v) is 2.81.